The molecule has 2 aromatic rings. The first-order valence-corrected chi connectivity index (χ1v) is 6.32. The van der Waals surface area contributed by atoms with Crippen molar-refractivity contribution < 1.29 is 9.53 Å². The standard InChI is InChI=1S/C13H11ClO2S/c1-9-5-6-13(17-9)12(15)8-16-11-4-2-3-10(14)7-11/h2-7H,8H2,1H3. The number of ether oxygens (including phenoxy) is 1. The minimum Gasteiger partial charge on any atom is -0.485 e. The Balaban J connectivity index is 1.97. The second kappa shape index (κ2) is 5.34. The van der Waals surface area contributed by atoms with Crippen molar-refractivity contribution >= 4 is 28.7 Å². The fourth-order valence-corrected chi connectivity index (χ4v) is 2.33. The van der Waals surface area contributed by atoms with Gasteiger partial charge in [-0.05, 0) is 37.3 Å². The molecule has 2 rings (SSSR count). The molecule has 1 heterocycles. The lowest BCUT2D eigenvalue weighted by Crippen LogP contribution is -2.09. The molecule has 0 saturated heterocycles. The molecular weight excluding hydrogens is 256 g/mol. The average Bonchev–Trinajstić information content (AvgIpc) is 2.73. The maximum absolute atomic E-state index is 11.8. The predicted octanol–water partition coefficient (Wildman–Crippen LogP) is 3.97. The number of halogens is 1. The lowest BCUT2D eigenvalue weighted by molar-refractivity contribution is 0.0925. The molecule has 0 amide bonds. The molecule has 4 heteroatoms. The van der Waals surface area contributed by atoms with Crippen LogP contribution in [0.5, 0.6) is 5.75 Å². The summed E-state index contributed by atoms with van der Waals surface area (Å²) in [4.78, 5) is 13.6. The Hall–Kier alpha value is -1.32. The zero-order chi connectivity index (χ0) is 12.3. The van der Waals surface area contributed by atoms with E-state index in [1.165, 1.54) is 11.3 Å². The van der Waals surface area contributed by atoms with Crippen LogP contribution < -0.4 is 4.74 Å². The van der Waals surface area contributed by atoms with Gasteiger partial charge in [0.1, 0.15) is 5.75 Å². The van der Waals surface area contributed by atoms with Gasteiger partial charge in [0.15, 0.2) is 6.61 Å². The van der Waals surface area contributed by atoms with Crippen LogP contribution in [0.1, 0.15) is 14.5 Å². The highest BCUT2D eigenvalue weighted by Gasteiger charge is 2.09. The van der Waals surface area contributed by atoms with E-state index in [1.807, 2.05) is 19.1 Å². The van der Waals surface area contributed by atoms with Gasteiger partial charge in [-0.2, -0.15) is 0 Å². The van der Waals surface area contributed by atoms with E-state index in [9.17, 15) is 4.79 Å². The molecule has 0 fully saturated rings. The number of carbonyl (C=O) groups is 1. The maximum atomic E-state index is 11.8. The Bertz CT molecular complexity index is 534. The monoisotopic (exact) mass is 266 g/mol. The molecule has 0 aliphatic heterocycles. The molecule has 2 nitrogen and oxygen atoms in total. The van der Waals surface area contributed by atoms with Crippen LogP contribution in [-0.4, -0.2) is 12.4 Å². The second-order valence-electron chi connectivity index (χ2n) is 3.58. The van der Waals surface area contributed by atoms with Crippen molar-refractivity contribution in [2.45, 2.75) is 6.92 Å². The molecule has 0 aliphatic rings. The molecule has 0 spiro atoms. The van der Waals surface area contributed by atoms with E-state index < -0.39 is 0 Å². The third-order valence-corrected chi connectivity index (χ3v) is 3.46. The number of Topliss-reactive ketones (excluding diaryl/α,β-unsaturated/α-hetero) is 1. The van der Waals surface area contributed by atoms with Crippen LogP contribution in [0.15, 0.2) is 36.4 Å². The molecule has 88 valence electrons. The summed E-state index contributed by atoms with van der Waals surface area (Å²) in [7, 11) is 0. The summed E-state index contributed by atoms with van der Waals surface area (Å²) in [6.45, 7) is 2.01. The van der Waals surface area contributed by atoms with Crippen LogP contribution in [0.3, 0.4) is 0 Å². The summed E-state index contributed by atoms with van der Waals surface area (Å²) in [6.07, 6.45) is 0. The normalized spacial score (nSPS) is 10.2. The molecule has 0 N–H and O–H groups in total. The number of thiophene rings is 1. The van der Waals surface area contributed by atoms with E-state index in [2.05, 4.69) is 0 Å². The van der Waals surface area contributed by atoms with Gasteiger partial charge in [0.05, 0.1) is 4.88 Å². The number of hydrogen-bond acceptors (Lipinski definition) is 3. The van der Waals surface area contributed by atoms with E-state index in [4.69, 9.17) is 16.3 Å². The highest BCUT2D eigenvalue weighted by molar-refractivity contribution is 7.14. The topological polar surface area (TPSA) is 26.3 Å². The molecule has 0 bridgehead atoms. The highest BCUT2D eigenvalue weighted by Crippen LogP contribution is 2.19. The Morgan fingerprint density at radius 1 is 1.35 bits per heavy atom. The van der Waals surface area contributed by atoms with Gasteiger partial charge in [-0.25, -0.2) is 0 Å². The number of ketones is 1. The van der Waals surface area contributed by atoms with Gasteiger partial charge in [-0.15, -0.1) is 11.3 Å². The number of carbonyl (C=O) groups excluding carboxylic acids is 1. The van der Waals surface area contributed by atoms with Crippen molar-refractivity contribution in [1.29, 1.82) is 0 Å². The molecule has 17 heavy (non-hydrogen) atoms. The van der Waals surface area contributed by atoms with Crippen LogP contribution in [-0.2, 0) is 0 Å². The molecule has 0 radical (unpaired) electrons. The molecule has 0 unspecified atom stereocenters. The van der Waals surface area contributed by atoms with Crippen molar-refractivity contribution in [2.24, 2.45) is 0 Å². The first kappa shape index (κ1) is 12.1. The summed E-state index contributed by atoms with van der Waals surface area (Å²) in [5, 5.41) is 0.599. The van der Waals surface area contributed by atoms with Gasteiger partial charge in [-0.1, -0.05) is 17.7 Å². The van der Waals surface area contributed by atoms with Crippen LogP contribution in [0.25, 0.3) is 0 Å². The third kappa shape index (κ3) is 3.32. The molecular formula is C13H11ClO2S. The summed E-state index contributed by atoms with van der Waals surface area (Å²) in [5.41, 5.74) is 0. The van der Waals surface area contributed by atoms with Gasteiger partial charge >= 0.3 is 0 Å². The minimum absolute atomic E-state index is 0.0110. The zero-order valence-electron chi connectivity index (χ0n) is 9.27. The minimum atomic E-state index is -0.0110. The fourth-order valence-electron chi connectivity index (χ4n) is 1.36. The van der Waals surface area contributed by atoms with Crippen molar-refractivity contribution in [2.75, 3.05) is 6.61 Å². The fraction of sp³-hybridized carbons (Fsp3) is 0.154. The Kier molecular flexibility index (Phi) is 3.82. The summed E-state index contributed by atoms with van der Waals surface area (Å²) in [5.74, 6) is 0.599. The Morgan fingerprint density at radius 2 is 2.18 bits per heavy atom. The number of aryl methyl sites for hydroxylation is 1. The first-order valence-electron chi connectivity index (χ1n) is 5.13. The Labute approximate surface area is 109 Å². The summed E-state index contributed by atoms with van der Waals surface area (Å²) >= 11 is 7.30. The molecule has 0 atom stereocenters. The first-order chi connectivity index (χ1) is 8.15. The number of benzene rings is 1. The van der Waals surface area contributed by atoms with Crippen molar-refractivity contribution in [3.63, 3.8) is 0 Å². The van der Waals surface area contributed by atoms with Gasteiger partial charge in [0, 0.05) is 9.90 Å². The SMILES string of the molecule is Cc1ccc(C(=O)COc2cccc(Cl)c2)s1. The lowest BCUT2D eigenvalue weighted by Gasteiger charge is -2.04. The van der Waals surface area contributed by atoms with E-state index in [0.29, 0.717) is 10.8 Å². The van der Waals surface area contributed by atoms with Crippen molar-refractivity contribution in [3.8, 4) is 5.75 Å². The van der Waals surface area contributed by atoms with Crippen LogP contribution in [0, 0.1) is 6.92 Å². The van der Waals surface area contributed by atoms with Gasteiger partial charge in [-0.3, -0.25) is 4.79 Å². The third-order valence-electron chi connectivity index (χ3n) is 2.18. The van der Waals surface area contributed by atoms with E-state index >= 15 is 0 Å². The highest BCUT2D eigenvalue weighted by atomic mass is 35.5. The largest absolute Gasteiger partial charge is 0.485 e. The van der Waals surface area contributed by atoms with E-state index in [-0.39, 0.29) is 12.4 Å². The van der Waals surface area contributed by atoms with Crippen molar-refractivity contribution in [3.05, 3.63) is 51.2 Å². The predicted molar refractivity (Wildman–Crippen MR) is 70.3 cm³/mol. The maximum Gasteiger partial charge on any atom is 0.210 e. The zero-order valence-corrected chi connectivity index (χ0v) is 10.8. The van der Waals surface area contributed by atoms with Gasteiger partial charge in [0.2, 0.25) is 5.78 Å². The number of rotatable bonds is 4. The van der Waals surface area contributed by atoms with E-state index in [1.54, 1.807) is 24.3 Å². The molecule has 0 aliphatic carbocycles. The average molecular weight is 267 g/mol. The van der Waals surface area contributed by atoms with Crippen LogP contribution >= 0.6 is 22.9 Å². The summed E-state index contributed by atoms with van der Waals surface area (Å²) in [6, 6.07) is 10.8. The molecule has 1 aromatic carbocycles. The molecule has 0 saturated carbocycles. The second-order valence-corrected chi connectivity index (χ2v) is 5.30. The number of hydrogen-bond donors (Lipinski definition) is 0. The van der Waals surface area contributed by atoms with Gasteiger partial charge in [0.25, 0.3) is 0 Å². The van der Waals surface area contributed by atoms with Crippen molar-refractivity contribution in [1.82, 2.24) is 0 Å². The smallest absolute Gasteiger partial charge is 0.210 e. The van der Waals surface area contributed by atoms with Crippen LogP contribution in [0.4, 0.5) is 0 Å². The van der Waals surface area contributed by atoms with E-state index in [0.717, 1.165) is 9.75 Å². The van der Waals surface area contributed by atoms with Crippen LogP contribution in [0.2, 0.25) is 5.02 Å². The Morgan fingerprint density at radius 3 is 2.82 bits per heavy atom. The summed E-state index contributed by atoms with van der Waals surface area (Å²) < 4.78 is 5.38. The van der Waals surface area contributed by atoms with Gasteiger partial charge < -0.3 is 4.74 Å². The lowest BCUT2D eigenvalue weighted by atomic mass is 10.3. The molecule has 1 aromatic heterocycles. The quantitative estimate of drug-likeness (QED) is 0.783.